The van der Waals surface area contributed by atoms with Crippen LogP contribution >= 0.6 is 25.7 Å². The first-order chi connectivity index (χ1) is 34.5. The van der Waals surface area contributed by atoms with Gasteiger partial charge in [-0.1, -0.05) is 50.7 Å². The second-order valence-electron chi connectivity index (χ2n) is 16.8. The molecule has 0 amide bonds. The van der Waals surface area contributed by atoms with Crippen molar-refractivity contribution in [3.05, 3.63) is 86.0 Å². The van der Waals surface area contributed by atoms with Crippen LogP contribution < -0.4 is 25.6 Å². The van der Waals surface area contributed by atoms with Crippen LogP contribution in [-0.4, -0.2) is 142 Å². The van der Waals surface area contributed by atoms with Crippen molar-refractivity contribution in [3.63, 3.8) is 0 Å². The summed E-state index contributed by atoms with van der Waals surface area (Å²) in [5, 5.41) is 32.2. The SMILES string of the molecule is C.COC(=O)[C@H](C)CP(=O)(Cl)Oc1ccccc1.COC(=O)[C@H](C)NP(=O)(OC[C@H]1O[C@@H](n2cnc3c(N)ncnc32)[C@](C)(F)[C@@H]1O)Oc1ccccc1.C[C@@]1(F)[C@H](O)[C@@H](CO)O[C@H]1n1cnc2c(N)ncnc21. The van der Waals surface area contributed by atoms with E-state index in [4.69, 9.17) is 50.9 Å². The summed E-state index contributed by atoms with van der Waals surface area (Å²) in [6.07, 6.45) is -2.97. The van der Waals surface area contributed by atoms with Gasteiger partial charge in [0.1, 0.15) is 65.6 Å². The number of rotatable bonds is 16. The molecule has 2 fully saturated rings. The highest BCUT2D eigenvalue weighted by atomic mass is 35.7. The number of nitrogens with two attached hydrogens (primary N) is 2. The maximum absolute atomic E-state index is 15.7. The molecule has 74 heavy (non-hydrogen) atoms. The van der Waals surface area contributed by atoms with E-state index in [2.05, 4.69) is 44.5 Å². The number of hydrogen-bond donors (Lipinski definition) is 6. The van der Waals surface area contributed by atoms with Crippen LogP contribution in [0.25, 0.3) is 22.3 Å². The minimum absolute atomic E-state index is 0. The first-order valence-corrected chi connectivity index (χ1v) is 26.2. The van der Waals surface area contributed by atoms with Gasteiger partial charge >= 0.3 is 26.4 Å². The van der Waals surface area contributed by atoms with Gasteiger partial charge in [-0.3, -0.25) is 27.8 Å². The third-order valence-electron chi connectivity index (χ3n) is 11.3. The van der Waals surface area contributed by atoms with E-state index in [1.807, 2.05) is 6.07 Å². The molecule has 25 nitrogen and oxygen atoms in total. The van der Waals surface area contributed by atoms with Crippen molar-refractivity contribution in [2.24, 2.45) is 5.92 Å². The number of nitrogens with one attached hydrogen (secondary N) is 1. The molecule has 0 spiro atoms. The molecule has 0 radical (unpaired) electrons. The number of alkyl halides is 2. The van der Waals surface area contributed by atoms with E-state index >= 15 is 4.39 Å². The van der Waals surface area contributed by atoms with Gasteiger partial charge in [0.2, 0.25) is 0 Å². The van der Waals surface area contributed by atoms with Crippen LogP contribution in [0.15, 0.2) is 86.0 Å². The van der Waals surface area contributed by atoms with Crippen LogP contribution in [0.2, 0.25) is 0 Å². The van der Waals surface area contributed by atoms with Gasteiger partial charge in [-0.05, 0) is 56.3 Å². The minimum atomic E-state index is -4.23. The second-order valence-corrected chi connectivity index (χ2v) is 21.7. The number of benzene rings is 2. The van der Waals surface area contributed by atoms with Crippen LogP contribution in [0.1, 0.15) is 47.6 Å². The smallest absolute Gasteiger partial charge is 0.459 e. The molecule has 30 heteroatoms. The first kappa shape index (κ1) is 58.9. The number of methoxy groups -OCH3 is 2. The zero-order valence-electron chi connectivity index (χ0n) is 39.9. The Morgan fingerprint density at radius 1 is 0.770 bits per heavy atom. The number of ether oxygens (including phenoxy) is 4. The lowest BCUT2D eigenvalue weighted by Gasteiger charge is -2.25. The van der Waals surface area contributed by atoms with Gasteiger partial charge in [0, 0.05) is 0 Å². The lowest BCUT2D eigenvalue weighted by molar-refractivity contribution is -0.144. The Morgan fingerprint density at radius 3 is 1.66 bits per heavy atom. The summed E-state index contributed by atoms with van der Waals surface area (Å²) >= 11 is 5.79. The number of carbonyl (C=O) groups is 2. The van der Waals surface area contributed by atoms with Crippen molar-refractivity contribution < 1.29 is 75.3 Å². The number of fused-ring (bicyclic) bond motifs is 2. The molecular weight excluding hydrogens is 1040 g/mol. The number of hydrogen-bond acceptors (Lipinski definition) is 22. The zero-order valence-corrected chi connectivity index (χ0v) is 42.5. The van der Waals surface area contributed by atoms with Crippen LogP contribution in [-0.2, 0) is 42.2 Å². The number of aliphatic hydroxyl groups excluding tert-OH is 3. The quantitative estimate of drug-likeness (QED) is 0.0543. The second kappa shape index (κ2) is 24.6. The molecule has 2 aromatic carbocycles. The Labute approximate surface area is 427 Å². The predicted molar refractivity (Wildman–Crippen MR) is 264 cm³/mol. The molecule has 2 saturated heterocycles. The average molecular weight is 1100 g/mol. The highest BCUT2D eigenvalue weighted by molar-refractivity contribution is 7.85. The van der Waals surface area contributed by atoms with Crippen LogP contribution in [0.4, 0.5) is 20.4 Å². The van der Waals surface area contributed by atoms with E-state index in [-0.39, 0.29) is 42.1 Å². The molecule has 6 aromatic rings. The number of imidazole rings is 2. The van der Waals surface area contributed by atoms with E-state index < -0.39 is 99.8 Å². The Kier molecular flexibility index (Phi) is 19.6. The van der Waals surface area contributed by atoms with Crippen molar-refractivity contribution in [2.75, 3.05) is 45.1 Å². The predicted octanol–water partition coefficient (Wildman–Crippen LogP) is 5.08. The lowest BCUT2D eigenvalue weighted by atomic mass is 9.98. The number of nitrogen functional groups attached to an aromatic ring is 2. The standard InChI is InChI=1S/C21H26FN6O7P.C11H14ClO4P.C11H14FN5O3.CH4/c1-12(19(30)32-3)27-36(31,35-13-7-5-4-6-8-13)33-9-14-16(29)21(2,22)20(34-14)28-11-26-15-17(23)24-10-25-18(15)28;1-9(11(13)15-2)8-17(12,14)16-10-6-4-3-5-7-10;1-11(12)7(19)5(2-18)20-10(11)17-4-16-6-8(13)14-3-15-9(6)17;/h4-8,10-12,14,16,20,29H,9H2,1-3H3,(H,27,31)(H2,23,24,25);3-7,9H,8H2,1-2H3;3-5,7,10,18-19H,2H2,1H3,(H2,13,14,15);1H4/t12-,14+,16+,20+,21+,36?;9-,17?;5-,7-,10-,11-;/m011./s1. The summed E-state index contributed by atoms with van der Waals surface area (Å²) in [5.41, 5.74) is 8.13. The average Bonchev–Trinajstić information content (AvgIpc) is 4.10. The monoisotopic (exact) mass is 1100 g/mol. The van der Waals surface area contributed by atoms with E-state index in [0.29, 0.717) is 16.9 Å². The lowest BCUT2D eigenvalue weighted by Crippen LogP contribution is -2.41. The Bertz CT molecular complexity index is 2930. The molecule has 0 bridgehead atoms. The molecule has 2 unspecified atom stereocenters. The highest BCUT2D eigenvalue weighted by Crippen LogP contribution is 2.54. The number of anilines is 2. The number of carbonyl (C=O) groups excluding carboxylic acids is 2. The maximum Gasteiger partial charge on any atom is 0.459 e. The van der Waals surface area contributed by atoms with Gasteiger partial charge in [0.25, 0.3) is 0 Å². The molecule has 8 rings (SSSR count). The fourth-order valence-corrected chi connectivity index (χ4v) is 11.1. The van der Waals surface area contributed by atoms with E-state index in [1.165, 1.54) is 74.6 Å². The molecule has 0 saturated carbocycles. The normalized spacial score (nSPS) is 25.6. The zero-order chi connectivity index (χ0) is 53.5. The summed E-state index contributed by atoms with van der Waals surface area (Å²) in [6, 6.07) is 15.6. The highest BCUT2D eigenvalue weighted by Gasteiger charge is 2.57. The number of halogens is 3. The fourth-order valence-electron chi connectivity index (χ4n) is 7.42. The van der Waals surface area contributed by atoms with Gasteiger partial charge in [0.05, 0.1) is 52.2 Å². The summed E-state index contributed by atoms with van der Waals surface area (Å²) in [4.78, 5) is 46.9. The van der Waals surface area contributed by atoms with Crippen molar-refractivity contribution in [1.29, 1.82) is 0 Å². The van der Waals surface area contributed by atoms with E-state index in [9.17, 15) is 33.3 Å². The third-order valence-corrected chi connectivity index (χ3v) is 15.0. The molecular formula is C44H58ClF2N11O14P2. The van der Waals surface area contributed by atoms with Crippen LogP contribution in [0.5, 0.6) is 11.5 Å². The maximum atomic E-state index is 15.7. The van der Waals surface area contributed by atoms with Gasteiger partial charge in [-0.15, -0.1) is 0 Å². The summed E-state index contributed by atoms with van der Waals surface area (Å²) in [7, 11) is -1.78. The first-order valence-electron chi connectivity index (χ1n) is 21.9. The van der Waals surface area contributed by atoms with E-state index in [1.54, 1.807) is 49.4 Å². The van der Waals surface area contributed by atoms with Crippen molar-refractivity contribution in [3.8, 4) is 11.5 Å². The van der Waals surface area contributed by atoms with Gasteiger partial charge in [-0.2, -0.15) is 5.09 Å². The number of nitrogens with zero attached hydrogens (tertiary/aromatic N) is 8. The largest absolute Gasteiger partial charge is 0.469 e. The molecule has 12 atom stereocenters. The molecule has 4 aromatic heterocycles. The molecule has 404 valence electrons. The Balaban J connectivity index is 0.000000225. The van der Waals surface area contributed by atoms with Crippen molar-refractivity contribution in [1.82, 2.24) is 44.1 Å². The molecule has 8 N–H and O–H groups in total. The van der Waals surface area contributed by atoms with Crippen molar-refractivity contribution >= 4 is 71.6 Å². The van der Waals surface area contributed by atoms with E-state index in [0.717, 1.165) is 6.92 Å². The summed E-state index contributed by atoms with van der Waals surface area (Å²) in [5.74, 6) is -0.850. The number of aliphatic hydroxyl groups is 3. The van der Waals surface area contributed by atoms with Crippen LogP contribution in [0, 0.1) is 5.92 Å². The molecule has 6 heterocycles. The van der Waals surface area contributed by atoms with Gasteiger partial charge < -0.3 is 54.8 Å². The summed E-state index contributed by atoms with van der Waals surface area (Å²) in [6.45, 7) is 0.950. The molecule has 2 aliphatic rings. The number of aromatic nitrogens is 8. The topological polar surface area (TPSA) is 345 Å². The Hall–Kier alpha value is -5.99. The fraction of sp³-hybridized carbons (Fsp3) is 0.455. The molecule has 2 aliphatic heterocycles. The Morgan fingerprint density at radius 2 is 1.22 bits per heavy atom. The van der Waals surface area contributed by atoms with Gasteiger partial charge in [-0.25, -0.2) is 43.2 Å². The number of para-hydroxylation sites is 2. The third kappa shape index (κ3) is 13.5. The van der Waals surface area contributed by atoms with Crippen molar-refractivity contribution in [2.45, 2.75) is 89.4 Å². The summed E-state index contributed by atoms with van der Waals surface area (Å²) < 4.78 is 95.0. The van der Waals surface area contributed by atoms with Crippen LogP contribution in [0.3, 0.4) is 0 Å². The molecule has 0 aliphatic carbocycles. The minimum Gasteiger partial charge on any atom is -0.469 e. The van der Waals surface area contributed by atoms with Gasteiger partial charge in [0.15, 0.2) is 46.7 Å². The number of esters is 2.